The van der Waals surface area contributed by atoms with Crippen molar-refractivity contribution in [3.05, 3.63) is 83.8 Å². The van der Waals surface area contributed by atoms with Gasteiger partial charge in [0.05, 0.1) is 11.1 Å². The average Bonchev–Trinajstić information content (AvgIpc) is 3.36. The molecule has 1 aliphatic heterocycles. The maximum absolute atomic E-state index is 14.4. The molecule has 1 aromatic carbocycles. The third-order valence-corrected chi connectivity index (χ3v) is 5.56. The van der Waals surface area contributed by atoms with E-state index in [1.54, 1.807) is 41.7 Å². The Kier molecular flexibility index (Phi) is 5.50. The lowest BCUT2D eigenvalue weighted by atomic mass is 9.99. The Balaban J connectivity index is 1.44. The second-order valence-electron chi connectivity index (χ2n) is 7.62. The number of nitrogen functional groups attached to an aromatic ring is 1. The van der Waals surface area contributed by atoms with Crippen LogP contribution in [0.3, 0.4) is 0 Å². The molecule has 0 bridgehead atoms. The summed E-state index contributed by atoms with van der Waals surface area (Å²) in [6.07, 6.45) is 7.34. The van der Waals surface area contributed by atoms with Crippen LogP contribution < -0.4 is 5.73 Å². The smallest absolute Gasteiger partial charge is 0.255 e. The molecule has 0 aliphatic carbocycles. The predicted octanol–water partition coefficient (Wildman–Crippen LogP) is 2.91. The number of hydrogen-bond donors (Lipinski definition) is 1. The Hall–Kier alpha value is -4.54. The quantitative estimate of drug-likeness (QED) is 0.498. The molecule has 2 N–H and O–H groups in total. The summed E-state index contributed by atoms with van der Waals surface area (Å²) in [5.74, 6) is -1.91. The molecule has 1 aliphatic rings. The summed E-state index contributed by atoms with van der Waals surface area (Å²) in [4.78, 5) is 22.7. The third kappa shape index (κ3) is 3.87. The van der Waals surface area contributed by atoms with E-state index in [2.05, 4.69) is 25.5 Å². The summed E-state index contributed by atoms with van der Waals surface area (Å²) >= 11 is 0. The van der Waals surface area contributed by atoms with Crippen molar-refractivity contribution in [2.75, 3.05) is 18.8 Å². The van der Waals surface area contributed by atoms with E-state index in [9.17, 15) is 13.6 Å². The Morgan fingerprint density at radius 2 is 2.00 bits per heavy atom. The summed E-state index contributed by atoms with van der Waals surface area (Å²) in [7, 11) is 0. The van der Waals surface area contributed by atoms with Gasteiger partial charge in [-0.2, -0.15) is 4.68 Å². The number of nitrogens with zero attached hydrogens (tertiary/aromatic N) is 7. The lowest BCUT2D eigenvalue weighted by Crippen LogP contribution is -2.34. The van der Waals surface area contributed by atoms with Gasteiger partial charge < -0.3 is 10.6 Å². The number of halogens is 2. The number of aromatic nitrogens is 6. The summed E-state index contributed by atoms with van der Waals surface area (Å²) in [5.41, 5.74) is 8.59. The zero-order valence-electron chi connectivity index (χ0n) is 17.8. The molecule has 170 valence electrons. The van der Waals surface area contributed by atoms with Gasteiger partial charge in [-0.25, -0.2) is 13.8 Å². The minimum atomic E-state index is -1.08. The van der Waals surface area contributed by atoms with E-state index in [0.717, 1.165) is 21.9 Å². The van der Waals surface area contributed by atoms with Crippen LogP contribution in [0.25, 0.3) is 22.6 Å². The van der Waals surface area contributed by atoms with Crippen molar-refractivity contribution in [1.29, 1.82) is 0 Å². The van der Waals surface area contributed by atoms with Gasteiger partial charge in [-0.05, 0) is 58.3 Å². The fraction of sp³-hybridized carbons (Fsp3) is 0.130. The highest BCUT2D eigenvalue weighted by atomic mass is 19.2. The van der Waals surface area contributed by atoms with E-state index < -0.39 is 11.6 Å². The largest absolute Gasteiger partial charge is 0.383 e. The number of anilines is 1. The average molecular weight is 460 g/mol. The molecule has 0 atom stereocenters. The van der Waals surface area contributed by atoms with E-state index in [1.165, 1.54) is 12.1 Å². The molecule has 0 fully saturated rings. The van der Waals surface area contributed by atoms with E-state index in [-0.39, 0.29) is 23.2 Å². The Bertz CT molecular complexity index is 1400. The highest BCUT2D eigenvalue weighted by molar-refractivity contribution is 5.94. The first-order valence-electron chi connectivity index (χ1n) is 10.4. The van der Waals surface area contributed by atoms with Gasteiger partial charge in [0, 0.05) is 31.7 Å². The predicted molar refractivity (Wildman–Crippen MR) is 119 cm³/mol. The zero-order valence-corrected chi connectivity index (χ0v) is 17.8. The number of benzene rings is 1. The van der Waals surface area contributed by atoms with Crippen molar-refractivity contribution in [3.8, 4) is 17.1 Å². The molecule has 0 spiro atoms. The Labute approximate surface area is 192 Å². The van der Waals surface area contributed by atoms with E-state index >= 15 is 0 Å². The molecule has 0 saturated heterocycles. The standard InChI is InChI=1S/C23H18F2N8O/c24-18-4-1-5-19(20(18)25)33-22(29-30-31-33)17-11-16(13-28-21(17)26)14-6-9-32(10-7-14)23(34)15-3-2-8-27-12-15/h1-6,8,11-13H,7,9-10H2,(H2,26,28). The van der Waals surface area contributed by atoms with Crippen LogP contribution >= 0.6 is 0 Å². The topological polar surface area (TPSA) is 116 Å². The lowest BCUT2D eigenvalue weighted by Gasteiger charge is -2.26. The van der Waals surface area contributed by atoms with E-state index in [1.807, 2.05) is 6.08 Å². The first-order valence-corrected chi connectivity index (χ1v) is 10.4. The number of nitrogens with two attached hydrogens (primary N) is 1. The van der Waals surface area contributed by atoms with Gasteiger partial charge in [0.25, 0.3) is 5.91 Å². The van der Waals surface area contributed by atoms with Crippen LogP contribution in [0.15, 0.2) is 61.1 Å². The fourth-order valence-corrected chi connectivity index (χ4v) is 3.79. The second-order valence-corrected chi connectivity index (χ2v) is 7.62. The number of carbonyl (C=O) groups is 1. The highest BCUT2D eigenvalue weighted by Crippen LogP contribution is 2.30. The van der Waals surface area contributed by atoms with Crippen LogP contribution in [0.4, 0.5) is 14.6 Å². The maximum Gasteiger partial charge on any atom is 0.255 e. The molecule has 1 amide bonds. The number of pyridine rings is 2. The third-order valence-electron chi connectivity index (χ3n) is 5.56. The molecular weight excluding hydrogens is 442 g/mol. The molecule has 4 aromatic rings. The molecule has 5 rings (SSSR count). The molecule has 34 heavy (non-hydrogen) atoms. The second kappa shape index (κ2) is 8.77. The summed E-state index contributed by atoms with van der Waals surface area (Å²) in [6.45, 7) is 0.945. The number of amides is 1. The van der Waals surface area contributed by atoms with Gasteiger partial charge >= 0.3 is 0 Å². The maximum atomic E-state index is 14.4. The number of rotatable bonds is 4. The minimum absolute atomic E-state index is 0.0872. The Morgan fingerprint density at radius 1 is 1.12 bits per heavy atom. The summed E-state index contributed by atoms with van der Waals surface area (Å²) in [5, 5.41) is 11.4. The van der Waals surface area contributed by atoms with Crippen LogP contribution in [0.2, 0.25) is 0 Å². The minimum Gasteiger partial charge on any atom is -0.383 e. The van der Waals surface area contributed by atoms with Gasteiger partial charge in [0.1, 0.15) is 11.5 Å². The fourth-order valence-electron chi connectivity index (χ4n) is 3.79. The molecule has 0 radical (unpaired) electrons. The molecule has 11 heteroatoms. The van der Waals surface area contributed by atoms with Crippen molar-refractivity contribution >= 4 is 17.3 Å². The number of hydrogen-bond acceptors (Lipinski definition) is 7. The molecule has 0 saturated carbocycles. The highest BCUT2D eigenvalue weighted by Gasteiger charge is 2.22. The van der Waals surface area contributed by atoms with Gasteiger partial charge in [-0.3, -0.25) is 9.78 Å². The van der Waals surface area contributed by atoms with Gasteiger partial charge in [-0.15, -0.1) is 5.10 Å². The SMILES string of the molecule is Nc1ncc(C2=CCN(C(=O)c3cccnc3)CC2)cc1-c1nnnn1-c1cccc(F)c1F. The van der Waals surface area contributed by atoms with Gasteiger partial charge in [0.15, 0.2) is 17.5 Å². The summed E-state index contributed by atoms with van der Waals surface area (Å²) in [6, 6.07) is 8.95. The van der Waals surface area contributed by atoms with Crippen LogP contribution in [0.5, 0.6) is 0 Å². The molecular formula is C23H18F2N8O. The first kappa shape index (κ1) is 21.3. The van der Waals surface area contributed by atoms with Crippen LogP contribution in [0, 0.1) is 11.6 Å². The molecule has 3 aromatic heterocycles. The molecule has 4 heterocycles. The zero-order chi connectivity index (χ0) is 23.7. The van der Waals surface area contributed by atoms with E-state index in [0.29, 0.717) is 30.6 Å². The first-order chi connectivity index (χ1) is 16.5. The monoisotopic (exact) mass is 460 g/mol. The van der Waals surface area contributed by atoms with Crippen molar-refractivity contribution in [3.63, 3.8) is 0 Å². The van der Waals surface area contributed by atoms with Crippen molar-refractivity contribution in [1.82, 2.24) is 35.1 Å². The normalized spacial score (nSPS) is 13.6. The lowest BCUT2D eigenvalue weighted by molar-refractivity contribution is 0.0772. The molecule has 0 unspecified atom stereocenters. The van der Waals surface area contributed by atoms with Gasteiger partial charge in [0.2, 0.25) is 0 Å². The van der Waals surface area contributed by atoms with Gasteiger partial charge in [-0.1, -0.05) is 12.1 Å². The number of tetrazole rings is 1. The Morgan fingerprint density at radius 3 is 2.76 bits per heavy atom. The van der Waals surface area contributed by atoms with E-state index in [4.69, 9.17) is 5.73 Å². The van der Waals surface area contributed by atoms with Crippen LogP contribution in [-0.4, -0.2) is 54.1 Å². The van der Waals surface area contributed by atoms with Crippen molar-refractivity contribution in [2.24, 2.45) is 0 Å². The van der Waals surface area contributed by atoms with Crippen LogP contribution in [-0.2, 0) is 0 Å². The van der Waals surface area contributed by atoms with Crippen molar-refractivity contribution < 1.29 is 13.6 Å². The number of carbonyl (C=O) groups excluding carboxylic acids is 1. The van der Waals surface area contributed by atoms with Crippen LogP contribution in [0.1, 0.15) is 22.3 Å². The van der Waals surface area contributed by atoms with Crippen molar-refractivity contribution in [2.45, 2.75) is 6.42 Å². The molecule has 9 nitrogen and oxygen atoms in total. The summed E-state index contributed by atoms with van der Waals surface area (Å²) < 4.78 is 29.2.